The number of sulfonamides is 1. The number of ether oxygens (including phenoxy) is 1. The van der Waals surface area contributed by atoms with Gasteiger partial charge in [-0.1, -0.05) is 19.1 Å². The Hall–Kier alpha value is -2.26. The molecule has 1 saturated heterocycles. The van der Waals surface area contributed by atoms with Crippen LogP contribution in [0, 0.1) is 11.8 Å². The number of alkyl halides is 3. The minimum atomic E-state index is -4.83. The average Bonchev–Trinajstić information content (AvgIpc) is 2.99. The molecule has 2 fully saturated rings. The molecule has 0 radical (unpaired) electrons. The zero-order valence-corrected chi connectivity index (χ0v) is 17.9. The molecular weight excluding hydrogens is 429 g/mol. The van der Waals surface area contributed by atoms with Gasteiger partial charge in [-0.2, -0.15) is 0 Å². The SMILES string of the molecule is CCCN1CC2CC(c3ccc(NS(=O)(=O)c4ccc(OC(F)(F)F)cc4)cc3)C2C1. The number of hydrogen-bond donors (Lipinski definition) is 1. The molecule has 1 N–H and O–H groups in total. The summed E-state index contributed by atoms with van der Waals surface area (Å²) in [6.07, 6.45) is -2.49. The lowest BCUT2D eigenvalue weighted by Crippen LogP contribution is -2.33. The largest absolute Gasteiger partial charge is 0.573 e. The summed E-state index contributed by atoms with van der Waals surface area (Å²) >= 11 is 0. The summed E-state index contributed by atoms with van der Waals surface area (Å²) in [6, 6.07) is 11.5. The van der Waals surface area contributed by atoms with Crippen molar-refractivity contribution in [3.8, 4) is 5.75 Å². The summed E-state index contributed by atoms with van der Waals surface area (Å²) in [6.45, 7) is 5.65. The Bertz CT molecular complexity index is 1010. The molecule has 5 nitrogen and oxygen atoms in total. The topological polar surface area (TPSA) is 58.6 Å². The number of likely N-dealkylation sites (tertiary alicyclic amines) is 1. The molecular formula is C22H25F3N2O3S. The van der Waals surface area contributed by atoms with E-state index >= 15 is 0 Å². The Morgan fingerprint density at radius 1 is 1.06 bits per heavy atom. The molecule has 1 aliphatic carbocycles. The quantitative estimate of drug-likeness (QED) is 0.651. The van der Waals surface area contributed by atoms with E-state index in [4.69, 9.17) is 0 Å². The van der Waals surface area contributed by atoms with E-state index in [1.807, 2.05) is 12.1 Å². The van der Waals surface area contributed by atoms with Crippen LogP contribution in [0.4, 0.5) is 18.9 Å². The number of hydrogen-bond acceptors (Lipinski definition) is 4. The fourth-order valence-corrected chi connectivity index (χ4v) is 5.77. The highest BCUT2D eigenvalue weighted by molar-refractivity contribution is 7.92. The van der Waals surface area contributed by atoms with Crippen LogP contribution in [-0.2, 0) is 10.0 Å². The van der Waals surface area contributed by atoms with Crippen LogP contribution in [-0.4, -0.2) is 39.3 Å². The third kappa shape index (κ3) is 4.98. The van der Waals surface area contributed by atoms with Gasteiger partial charge in [0.15, 0.2) is 0 Å². The lowest BCUT2D eigenvalue weighted by atomic mass is 9.64. The zero-order chi connectivity index (χ0) is 22.2. The fourth-order valence-electron chi connectivity index (χ4n) is 4.71. The normalized spacial score (nSPS) is 23.8. The van der Waals surface area contributed by atoms with Crippen LogP contribution in [0.1, 0.15) is 31.2 Å². The second-order valence-corrected chi connectivity index (χ2v) is 9.95. The first kappa shape index (κ1) is 22.0. The van der Waals surface area contributed by atoms with Crippen molar-refractivity contribution in [3.05, 3.63) is 54.1 Å². The van der Waals surface area contributed by atoms with Crippen molar-refractivity contribution in [3.63, 3.8) is 0 Å². The molecule has 2 aliphatic rings. The maximum absolute atomic E-state index is 12.6. The highest BCUT2D eigenvalue weighted by Crippen LogP contribution is 2.51. The van der Waals surface area contributed by atoms with Gasteiger partial charge in [0.05, 0.1) is 4.90 Å². The minimum absolute atomic E-state index is 0.144. The van der Waals surface area contributed by atoms with Crippen molar-refractivity contribution < 1.29 is 26.3 Å². The van der Waals surface area contributed by atoms with E-state index in [0.29, 0.717) is 17.5 Å². The molecule has 3 unspecified atom stereocenters. The van der Waals surface area contributed by atoms with Crippen LogP contribution >= 0.6 is 0 Å². The number of anilines is 1. The van der Waals surface area contributed by atoms with Crippen molar-refractivity contribution >= 4 is 15.7 Å². The molecule has 1 saturated carbocycles. The summed E-state index contributed by atoms with van der Waals surface area (Å²) in [5, 5.41) is 0. The van der Waals surface area contributed by atoms with Crippen molar-refractivity contribution in [2.45, 2.75) is 36.9 Å². The van der Waals surface area contributed by atoms with Gasteiger partial charge < -0.3 is 9.64 Å². The molecule has 168 valence electrons. The number of halogens is 3. The molecule has 2 aromatic carbocycles. The lowest BCUT2D eigenvalue weighted by Gasteiger charge is -2.40. The molecule has 1 heterocycles. The molecule has 9 heteroatoms. The Kier molecular flexibility index (Phi) is 5.91. The van der Waals surface area contributed by atoms with Crippen molar-refractivity contribution in [1.82, 2.24) is 4.90 Å². The van der Waals surface area contributed by atoms with Gasteiger partial charge in [-0.05, 0) is 79.1 Å². The maximum Gasteiger partial charge on any atom is 0.573 e. The van der Waals surface area contributed by atoms with E-state index in [-0.39, 0.29) is 4.90 Å². The zero-order valence-electron chi connectivity index (χ0n) is 17.1. The Morgan fingerprint density at radius 3 is 2.35 bits per heavy atom. The van der Waals surface area contributed by atoms with Gasteiger partial charge in [0, 0.05) is 18.8 Å². The monoisotopic (exact) mass is 454 g/mol. The molecule has 3 atom stereocenters. The predicted molar refractivity (Wildman–Crippen MR) is 111 cm³/mol. The van der Waals surface area contributed by atoms with Crippen molar-refractivity contribution in [1.29, 1.82) is 0 Å². The number of nitrogens with zero attached hydrogens (tertiary/aromatic N) is 1. The number of benzene rings is 2. The Balaban J connectivity index is 1.39. The van der Waals surface area contributed by atoms with Crippen LogP contribution < -0.4 is 9.46 Å². The first-order valence-electron chi connectivity index (χ1n) is 10.4. The van der Waals surface area contributed by atoms with E-state index in [0.717, 1.165) is 49.7 Å². The van der Waals surface area contributed by atoms with Crippen LogP contribution in [0.15, 0.2) is 53.4 Å². The van der Waals surface area contributed by atoms with Crippen molar-refractivity contribution in [2.24, 2.45) is 11.8 Å². The van der Waals surface area contributed by atoms with E-state index in [9.17, 15) is 21.6 Å². The Labute approximate surface area is 180 Å². The molecule has 0 aromatic heterocycles. The van der Waals surface area contributed by atoms with E-state index in [1.54, 1.807) is 12.1 Å². The third-order valence-electron chi connectivity index (χ3n) is 6.14. The molecule has 0 spiro atoms. The smallest absolute Gasteiger partial charge is 0.406 e. The first-order valence-corrected chi connectivity index (χ1v) is 11.8. The molecule has 31 heavy (non-hydrogen) atoms. The molecule has 2 aromatic rings. The molecule has 4 rings (SSSR count). The second kappa shape index (κ2) is 8.35. The lowest BCUT2D eigenvalue weighted by molar-refractivity contribution is -0.274. The highest BCUT2D eigenvalue weighted by atomic mass is 32.2. The minimum Gasteiger partial charge on any atom is -0.406 e. The van der Waals surface area contributed by atoms with Crippen LogP contribution in [0.3, 0.4) is 0 Å². The number of rotatable bonds is 7. The van der Waals surface area contributed by atoms with Crippen LogP contribution in [0.5, 0.6) is 5.75 Å². The maximum atomic E-state index is 12.6. The summed E-state index contributed by atoms with van der Waals surface area (Å²) in [5.74, 6) is 1.48. The van der Waals surface area contributed by atoms with Gasteiger partial charge in [0.1, 0.15) is 5.75 Å². The molecule has 0 bridgehead atoms. The van der Waals surface area contributed by atoms with E-state index in [1.165, 1.54) is 18.5 Å². The second-order valence-electron chi connectivity index (χ2n) is 8.27. The van der Waals surface area contributed by atoms with E-state index < -0.39 is 22.1 Å². The summed E-state index contributed by atoms with van der Waals surface area (Å²) < 4.78 is 68.1. The van der Waals surface area contributed by atoms with Crippen molar-refractivity contribution in [2.75, 3.05) is 24.4 Å². The molecule has 0 amide bonds. The molecule has 1 aliphatic heterocycles. The van der Waals surface area contributed by atoms with Gasteiger partial charge in [-0.25, -0.2) is 8.42 Å². The first-order chi connectivity index (χ1) is 14.6. The van der Waals surface area contributed by atoms with Crippen LogP contribution in [0.25, 0.3) is 0 Å². The van der Waals surface area contributed by atoms with Crippen LogP contribution in [0.2, 0.25) is 0 Å². The predicted octanol–water partition coefficient (Wildman–Crippen LogP) is 4.83. The number of fused-ring (bicyclic) bond motifs is 1. The average molecular weight is 455 g/mol. The van der Waals surface area contributed by atoms with Gasteiger partial charge in [-0.3, -0.25) is 4.72 Å². The standard InChI is InChI=1S/C22H25F3N2O3S/c1-2-11-27-13-16-12-20(21(16)14-27)15-3-5-17(6-4-15)26-31(28,29)19-9-7-18(8-10-19)30-22(23,24)25/h3-10,16,20-21,26H,2,11-14H2,1H3. The highest BCUT2D eigenvalue weighted by Gasteiger charge is 2.46. The fraction of sp³-hybridized carbons (Fsp3) is 0.455. The summed E-state index contributed by atoms with van der Waals surface area (Å²) in [5.41, 5.74) is 1.63. The van der Waals surface area contributed by atoms with Gasteiger partial charge >= 0.3 is 6.36 Å². The van der Waals surface area contributed by atoms with Gasteiger partial charge in [0.25, 0.3) is 10.0 Å². The third-order valence-corrected chi connectivity index (χ3v) is 7.54. The van der Waals surface area contributed by atoms with E-state index in [2.05, 4.69) is 21.3 Å². The number of nitrogens with one attached hydrogen (secondary N) is 1. The van der Waals surface area contributed by atoms with Gasteiger partial charge in [-0.15, -0.1) is 13.2 Å². The summed E-state index contributed by atoms with van der Waals surface area (Å²) in [4.78, 5) is 2.39. The summed E-state index contributed by atoms with van der Waals surface area (Å²) in [7, 11) is -3.92. The Morgan fingerprint density at radius 2 is 1.74 bits per heavy atom. The van der Waals surface area contributed by atoms with Gasteiger partial charge in [0.2, 0.25) is 0 Å².